The van der Waals surface area contributed by atoms with E-state index < -0.39 is 0 Å². The number of ether oxygens (including phenoxy) is 2. The molecule has 0 aromatic heterocycles. The number of rotatable bonds is 6. The molecule has 0 aromatic rings. The summed E-state index contributed by atoms with van der Waals surface area (Å²) >= 11 is 0. The largest absolute Gasteiger partial charge is 0.379 e. The Morgan fingerprint density at radius 3 is 2.45 bits per heavy atom. The summed E-state index contributed by atoms with van der Waals surface area (Å²) in [6.07, 6.45) is 0.206. The fraction of sp³-hybridized carbons (Fsp3) is 1.00. The summed E-state index contributed by atoms with van der Waals surface area (Å²) in [6, 6.07) is 0. The highest BCUT2D eigenvalue weighted by Crippen LogP contribution is 1.88. The molecule has 0 fully saturated rings. The first-order chi connectivity index (χ1) is 5.16. The van der Waals surface area contributed by atoms with Crippen molar-refractivity contribution in [3.63, 3.8) is 0 Å². The average Bonchev–Trinajstić information content (AvgIpc) is 1.97. The number of nitrogens with zero attached hydrogens (tertiary/aromatic N) is 1. The van der Waals surface area contributed by atoms with Gasteiger partial charge in [0.05, 0.1) is 19.3 Å². The van der Waals surface area contributed by atoms with E-state index in [2.05, 4.69) is 4.90 Å². The van der Waals surface area contributed by atoms with Crippen LogP contribution in [0.2, 0.25) is 0 Å². The van der Waals surface area contributed by atoms with Crippen LogP contribution in [0.1, 0.15) is 6.92 Å². The molecule has 0 aliphatic carbocycles. The van der Waals surface area contributed by atoms with E-state index >= 15 is 0 Å². The summed E-state index contributed by atoms with van der Waals surface area (Å²) in [5.74, 6) is 0. The van der Waals surface area contributed by atoms with Gasteiger partial charge in [-0.3, -0.25) is 0 Å². The van der Waals surface area contributed by atoms with Gasteiger partial charge in [0, 0.05) is 13.7 Å². The topological polar surface area (TPSA) is 21.7 Å². The van der Waals surface area contributed by atoms with Crippen molar-refractivity contribution in [1.82, 2.24) is 4.90 Å². The van der Waals surface area contributed by atoms with E-state index in [1.54, 1.807) is 7.11 Å². The monoisotopic (exact) mass is 161 g/mol. The number of hydrogen-bond acceptors (Lipinski definition) is 3. The Hall–Kier alpha value is -0.120. The summed E-state index contributed by atoms with van der Waals surface area (Å²) in [7, 11) is 5.76. The SMILES string of the molecule is COC(C)COCCN(C)C. The van der Waals surface area contributed by atoms with Gasteiger partial charge < -0.3 is 14.4 Å². The maximum absolute atomic E-state index is 5.33. The normalized spacial score (nSPS) is 13.9. The molecule has 11 heavy (non-hydrogen) atoms. The van der Waals surface area contributed by atoms with E-state index in [1.807, 2.05) is 21.0 Å². The second-order valence-corrected chi connectivity index (χ2v) is 2.92. The van der Waals surface area contributed by atoms with Crippen molar-refractivity contribution in [2.45, 2.75) is 13.0 Å². The number of methoxy groups -OCH3 is 1. The Bertz CT molecular complexity index is 86.2. The molecule has 1 unspecified atom stereocenters. The molecule has 0 aliphatic heterocycles. The summed E-state index contributed by atoms with van der Waals surface area (Å²) in [5.41, 5.74) is 0. The Kier molecular flexibility index (Phi) is 6.51. The van der Waals surface area contributed by atoms with Crippen LogP contribution in [0.4, 0.5) is 0 Å². The van der Waals surface area contributed by atoms with E-state index in [-0.39, 0.29) is 6.10 Å². The maximum Gasteiger partial charge on any atom is 0.0776 e. The Labute approximate surface area is 69.3 Å². The zero-order valence-electron chi connectivity index (χ0n) is 7.96. The molecular weight excluding hydrogens is 142 g/mol. The fourth-order valence-electron chi connectivity index (χ4n) is 0.564. The smallest absolute Gasteiger partial charge is 0.0776 e. The Balaban J connectivity index is 3.01. The lowest BCUT2D eigenvalue weighted by Gasteiger charge is -2.12. The average molecular weight is 161 g/mol. The third-order valence-corrected chi connectivity index (χ3v) is 1.44. The highest BCUT2D eigenvalue weighted by atomic mass is 16.5. The van der Waals surface area contributed by atoms with Gasteiger partial charge in [-0.2, -0.15) is 0 Å². The minimum Gasteiger partial charge on any atom is -0.379 e. The summed E-state index contributed by atoms with van der Waals surface area (Å²) in [6.45, 7) is 4.43. The zero-order valence-corrected chi connectivity index (χ0v) is 7.96. The lowest BCUT2D eigenvalue weighted by Crippen LogP contribution is -2.21. The quantitative estimate of drug-likeness (QED) is 0.532. The predicted octanol–water partition coefficient (Wildman–Crippen LogP) is 0.599. The standard InChI is InChI=1S/C8H19NO2/c1-8(10-4)7-11-6-5-9(2)3/h8H,5-7H2,1-4H3. The molecule has 3 heteroatoms. The van der Waals surface area contributed by atoms with Crippen molar-refractivity contribution in [3.05, 3.63) is 0 Å². The van der Waals surface area contributed by atoms with E-state index in [9.17, 15) is 0 Å². The molecule has 3 nitrogen and oxygen atoms in total. The van der Waals surface area contributed by atoms with Gasteiger partial charge in [0.25, 0.3) is 0 Å². The van der Waals surface area contributed by atoms with E-state index in [0.29, 0.717) is 6.61 Å². The van der Waals surface area contributed by atoms with Gasteiger partial charge in [-0.1, -0.05) is 0 Å². The zero-order chi connectivity index (χ0) is 8.69. The van der Waals surface area contributed by atoms with Gasteiger partial charge in [0.1, 0.15) is 0 Å². The molecule has 0 spiro atoms. The van der Waals surface area contributed by atoms with Crippen molar-refractivity contribution >= 4 is 0 Å². The molecule has 0 rings (SSSR count). The van der Waals surface area contributed by atoms with Gasteiger partial charge >= 0.3 is 0 Å². The van der Waals surface area contributed by atoms with Gasteiger partial charge in [-0.25, -0.2) is 0 Å². The minimum atomic E-state index is 0.206. The number of likely N-dealkylation sites (N-methyl/N-ethyl adjacent to an activating group) is 1. The van der Waals surface area contributed by atoms with Crippen molar-refractivity contribution < 1.29 is 9.47 Å². The Morgan fingerprint density at radius 1 is 1.36 bits per heavy atom. The third kappa shape index (κ3) is 7.78. The van der Waals surface area contributed by atoms with Crippen molar-refractivity contribution in [2.75, 3.05) is 41.0 Å². The van der Waals surface area contributed by atoms with Gasteiger partial charge in [-0.15, -0.1) is 0 Å². The predicted molar refractivity (Wildman–Crippen MR) is 45.8 cm³/mol. The first kappa shape index (κ1) is 10.9. The number of hydrogen-bond donors (Lipinski definition) is 0. The molecule has 0 aromatic carbocycles. The molecule has 0 saturated heterocycles. The van der Waals surface area contributed by atoms with Crippen LogP contribution in [0, 0.1) is 0 Å². The highest BCUT2D eigenvalue weighted by molar-refractivity contribution is 4.46. The lowest BCUT2D eigenvalue weighted by molar-refractivity contribution is 0.0147. The van der Waals surface area contributed by atoms with Crippen molar-refractivity contribution in [1.29, 1.82) is 0 Å². The van der Waals surface area contributed by atoms with Gasteiger partial charge in [-0.05, 0) is 21.0 Å². The van der Waals surface area contributed by atoms with Crippen LogP contribution < -0.4 is 0 Å². The van der Waals surface area contributed by atoms with Crippen LogP contribution in [0.25, 0.3) is 0 Å². The molecule has 1 atom stereocenters. The van der Waals surface area contributed by atoms with Crippen LogP contribution in [-0.2, 0) is 9.47 Å². The van der Waals surface area contributed by atoms with Crippen LogP contribution >= 0.6 is 0 Å². The first-order valence-corrected chi connectivity index (χ1v) is 3.92. The lowest BCUT2D eigenvalue weighted by atomic mass is 10.4. The molecular formula is C8H19NO2. The molecule has 0 bridgehead atoms. The summed E-state index contributed by atoms with van der Waals surface area (Å²) in [5, 5.41) is 0. The van der Waals surface area contributed by atoms with Crippen LogP contribution in [0.3, 0.4) is 0 Å². The van der Waals surface area contributed by atoms with Crippen LogP contribution in [0.15, 0.2) is 0 Å². The van der Waals surface area contributed by atoms with Crippen molar-refractivity contribution in [2.24, 2.45) is 0 Å². The minimum absolute atomic E-state index is 0.206. The van der Waals surface area contributed by atoms with Crippen LogP contribution in [0.5, 0.6) is 0 Å². The second-order valence-electron chi connectivity index (χ2n) is 2.92. The van der Waals surface area contributed by atoms with E-state index in [1.165, 1.54) is 0 Å². The van der Waals surface area contributed by atoms with Crippen LogP contribution in [-0.4, -0.2) is 52.0 Å². The Morgan fingerprint density at radius 2 is 2.00 bits per heavy atom. The summed E-state index contributed by atoms with van der Waals surface area (Å²) in [4.78, 5) is 2.09. The highest BCUT2D eigenvalue weighted by Gasteiger charge is 1.98. The van der Waals surface area contributed by atoms with Crippen molar-refractivity contribution in [3.8, 4) is 0 Å². The molecule has 0 aliphatic rings. The third-order valence-electron chi connectivity index (χ3n) is 1.44. The second kappa shape index (κ2) is 6.58. The molecule has 0 heterocycles. The molecule has 68 valence electrons. The van der Waals surface area contributed by atoms with E-state index in [4.69, 9.17) is 9.47 Å². The molecule has 0 N–H and O–H groups in total. The van der Waals surface area contributed by atoms with Gasteiger partial charge in [0.2, 0.25) is 0 Å². The molecule has 0 amide bonds. The van der Waals surface area contributed by atoms with Gasteiger partial charge in [0.15, 0.2) is 0 Å². The molecule has 0 radical (unpaired) electrons. The fourth-order valence-corrected chi connectivity index (χ4v) is 0.564. The first-order valence-electron chi connectivity index (χ1n) is 3.92. The maximum atomic E-state index is 5.33. The van der Waals surface area contributed by atoms with E-state index in [0.717, 1.165) is 13.2 Å². The molecule has 0 saturated carbocycles. The summed E-state index contributed by atoms with van der Waals surface area (Å²) < 4.78 is 10.3.